The third-order valence-corrected chi connectivity index (χ3v) is 22.8. The van der Waals surface area contributed by atoms with Gasteiger partial charge in [0, 0.05) is 117 Å². The standard InChI is InChI=1S/C31H32N6O4.C30H32N6O4.C28H29FN6O3/c1-40-35-30(39)26-17-37(23-8-5-19-3-2-4-21(19)15-23)29-25(28(26)38)16-32-31(34-29)33-22-6-9-24(10-7-22)41-27-18-36-13-11-20(27)12-14-36;1-3-35-13-12-24(17-35)40-23-9-5-8-21(15-23)32-30-31-16-25-27(37)26(29(38)34-39-2)18-36(28(25)33-30)22-11-10-19-6-4-7-20(19)14-22;1-3-18-6-10-22(11-7-18)35-17-24(27(37)33-38-2)25(36)23-14-30-28(32-26(23)35)31-21-8-4-19(5-9-21)12-13-34-15-20(29)16-34/h5-10,15-17,20,27H,2-4,11-14,18H2,1H3,(H,35,39)(H,32,33,34);5,8-11,14-16,18,24H,3-4,6-7,12-13,17H2,1-2H3,(H,34,38)(H,31,32,33);4-11,14,17,20H,3,12-13,15-16H2,1-2H3,(H,33,37)(H,30,31,32)/t;24-;/m.0./s1. The molecule has 612 valence electrons. The van der Waals surface area contributed by atoms with Crippen LogP contribution < -0.4 is 58.2 Å². The number of piperidine rings is 3. The highest BCUT2D eigenvalue weighted by Crippen LogP contribution is 2.34. The monoisotopic (exact) mass is 1610 g/mol. The van der Waals surface area contributed by atoms with Crippen molar-refractivity contribution < 1.29 is 42.8 Å². The number of hydrogen-bond donors (Lipinski definition) is 6. The number of amides is 3. The minimum atomic E-state index is -0.690. The summed E-state index contributed by atoms with van der Waals surface area (Å²) in [5, 5.41) is 10.4. The first-order valence-electron chi connectivity index (χ1n) is 40.4. The molecule has 3 amide bonds. The molecule has 7 aliphatic rings. The van der Waals surface area contributed by atoms with Gasteiger partial charge in [0.15, 0.2) is 16.9 Å². The first-order valence-corrected chi connectivity index (χ1v) is 40.4. The van der Waals surface area contributed by atoms with Gasteiger partial charge in [-0.3, -0.25) is 58.0 Å². The summed E-state index contributed by atoms with van der Waals surface area (Å²) < 4.78 is 30.8. The summed E-state index contributed by atoms with van der Waals surface area (Å²) in [6, 6.07) is 43.6. The number of rotatable bonds is 24. The number of hydrogen-bond acceptors (Lipinski definition) is 23. The van der Waals surface area contributed by atoms with Gasteiger partial charge in [-0.15, -0.1) is 0 Å². The van der Waals surface area contributed by atoms with Crippen molar-refractivity contribution in [2.24, 2.45) is 5.92 Å². The predicted octanol–water partition coefficient (Wildman–Crippen LogP) is 11.1. The van der Waals surface area contributed by atoms with E-state index in [4.69, 9.17) is 34.0 Å². The fourth-order valence-corrected chi connectivity index (χ4v) is 16.3. The number of anilines is 6. The Morgan fingerprint density at radius 1 is 0.471 bits per heavy atom. The van der Waals surface area contributed by atoms with E-state index in [1.54, 1.807) is 13.7 Å². The lowest BCUT2D eigenvalue weighted by atomic mass is 9.86. The number of pyridine rings is 3. The number of hydroxylamine groups is 3. The number of alkyl halides is 1. The number of carbonyl (C=O) groups is 3. The van der Waals surface area contributed by atoms with E-state index in [9.17, 15) is 33.2 Å². The first-order chi connectivity index (χ1) is 58.0. The Balaban J connectivity index is 0.000000133. The average Bonchev–Trinajstić information content (AvgIpc) is 1.71. The van der Waals surface area contributed by atoms with Gasteiger partial charge in [0.2, 0.25) is 34.1 Å². The van der Waals surface area contributed by atoms with E-state index in [1.807, 2.05) is 109 Å². The Bertz CT molecular complexity index is 5960. The summed E-state index contributed by atoms with van der Waals surface area (Å²) >= 11 is 0. The molecule has 5 fully saturated rings. The third-order valence-electron chi connectivity index (χ3n) is 22.8. The van der Waals surface area contributed by atoms with E-state index >= 15 is 0 Å². The van der Waals surface area contributed by atoms with Crippen molar-refractivity contribution in [2.45, 2.75) is 103 Å². The van der Waals surface area contributed by atoms with Crippen LogP contribution in [0.3, 0.4) is 0 Å². The summed E-state index contributed by atoms with van der Waals surface area (Å²) in [4.78, 5) is 126. The molecule has 6 N–H and O–H groups in total. The SMILES string of the molecule is CCN1CC[C@H](Oc2cccc(Nc3ncc4c(=O)c(C(=O)NOC)cn(-c5ccc6c(c5)CCC6)c4n3)c2)C1.CCc1ccc(-n2cc(C(=O)NOC)c(=O)c3cnc(Nc4ccc(CCN5CC(F)C5)cc4)nc32)cc1.CONC(=O)c1cn(-c2ccc3c(c2)CCC3)c2nc(Nc3ccc(OC4CN5CCC4CC5)cc3)ncc2c1=O. The second kappa shape index (κ2) is 36.0. The number of aryl methyl sites for hydroxylation is 5. The van der Waals surface area contributed by atoms with Crippen LogP contribution >= 0.6 is 0 Å². The summed E-state index contributed by atoms with van der Waals surface area (Å²) in [7, 11) is 3.96. The van der Waals surface area contributed by atoms with E-state index in [-0.39, 0.29) is 45.1 Å². The zero-order valence-corrected chi connectivity index (χ0v) is 66.9. The topological polar surface area (TPSA) is 323 Å². The maximum Gasteiger partial charge on any atom is 0.280 e. The van der Waals surface area contributed by atoms with Crippen LogP contribution in [-0.4, -0.2) is 175 Å². The van der Waals surface area contributed by atoms with Crippen molar-refractivity contribution in [1.82, 2.24) is 74.7 Å². The quantitative estimate of drug-likeness (QED) is 0.0306. The Kier molecular flexibility index (Phi) is 24.2. The molecule has 0 radical (unpaired) electrons. The van der Waals surface area contributed by atoms with E-state index in [0.717, 1.165) is 147 Å². The molecule has 11 heterocycles. The fraction of sp³-hybridized carbons (Fsp3) is 0.326. The van der Waals surface area contributed by atoms with Crippen LogP contribution in [0.5, 0.6) is 11.5 Å². The number of likely N-dealkylation sites (tertiary alicyclic amines) is 2. The zero-order chi connectivity index (χ0) is 82.2. The molecule has 6 aromatic heterocycles. The minimum Gasteiger partial charge on any atom is -0.489 e. The Labute approximate surface area is 684 Å². The van der Waals surface area contributed by atoms with E-state index in [2.05, 4.69) is 105 Å². The third kappa shape index (κ3) is 18.1. The number of benzene rings is 6. The Hall–Kier alpha value is -12.7. The number of fused-ring (bicyclic) bond motifs is 8. The lowest BCUT2D eigenvalue weighted by molar-refractivity contribution is -0.00775. The number of nitrogens with one attached hydrogen (secondary N) is 6. The minimum absolute atomic E-state index is 0.0530. The highest BCUT2D eigenvalue weighted by atomic mass is 19.1. The summed E-state index contributed by atoms with van der Waals surface area (Å²) in [6.07, 6.45) is 20.1. The summed E-state index contributed by atoms with van der Waals surface area (Å²) in [5.41, 5.74) is 18.5. The molecule has 6 aromatic carbocycles. The van der Waals surface area contributed by atoms with E-state index in [1.165, 1.54) is 107 Å². The molecule has 0 spiro atoms. The maximum absolute atomic E-state index is 13.3. The Morgan fingerprint density at radius 3 is 1.40 bits per heavy atom. The van der Waals surface area contributed by atoms with Gasteiger partial charge in [-0.1, -0.05) is 56.3 Å². The second-order valence-electron chi connectivity index (χ2n) is 30.5. The van der Waals surface area contributed by atoms with Gasteiger partial charge in [-0.2, -0.15) is 15.0 Å². The molecule has 5 saturated heterocycles. The highest BCUT2D eigenvalue weighted by molar-refractivity contribution is 5.98. The van der Waals surface area contributed by atoms with Crippen molar-refractivity contribution in [3.8, 4) is 28.6 Å². The molecule has 12 aromatic rings. The van der Waals surface area contributed by atoms with Crippen LogP contribution in [0.25, 0.3) is 50.2 Å². The van der Waals surface area contributed by atoms with Crippen LogP contribution in [-0.2, 0) is 53.0 Å². The molecular formula is C89H93FN18O11. The van der Waals surface area contributed by atoms with Crippen molar-refractivity contribution in [2.75, 3.05) is 96.2 Å². The van der Waals surface area contributed by atoms with Gasteiger partial charge < -0.3 is 39.1 Å². The van der Waals surface area contributed by atoms with Gasteiger partial charge in [-0.05, 0) is 214 Å². The Morgan fingerprint density at radius 2 is 0.941 bits per heavy atom. The van der Waals surface area contributed by atoms with Crippen LogP contribution in [0.2, 0.25) is 0 Å². The number of nitrogens with zero attached hydrogens (tertiary/aromatic N) is 12. The van der Waals surface area contributed by atoms with Crippen molar-refractivity contribution in [3.63, 3.8) is 0 Å². The number of likely N-dealkylation sites (N-methyl/N-ethyl adjacent to an activating group) is 1. The molecule has 119 heavy (non-hydrogen) atoms. The van der Waals surface area contributed by atoms with Crippen LogP contribution in [0.1, 0.15) is 110 Å². The molecule has 19 rings (SSSR count). The second-order valence-corrected chi connectivity index (χ2v) is 30.5. The van der Waals surface area contributed by atoms with Crippen LogP contribution in [0.15, 0.2) is 185 Å². The molecule has 2 aliphatic carbocycles. The maximum atomic E-state index is 13.3. The molecule has 2 atom stereocenters. The molecule has 2 bridgehead atoms. The summed E-state index contributed by atoms with van der Waals surface area (Å²) in [6.45, 7) is 12.5. The molecule has 5 aliphatic heterocycles. The lowest BCUT2D eigenvalue weighted by Gasteiger charge is -2.44. The number of aromatic nitrogens is 9. The molecular weight excluding hydrogens is 1520 g/mol. The van der Waals surface area contributed by atoms with Gasteiger partial charge >= 0.3 is 0 Å². The number of halogens is 1. The largest absolute Gasteiger partial charge is 0.489 e. The van der Waals surface area contributed by atoms with Crippen molar-refractivity contribution in [3.05, 3.63) is 251 Å². The van der Waals surface area contributed by atoms with Gasteiger partial charge in [0.25, 0.3) is 17.7 Å². The van der Waals surface area contributed by atoms with E-state index in [0.29, 0.717) is 53.8 Å². The molecule has 0 saturated carbocycles. The van der Waals surface area contributed by atoms with Crippen molar-refractivity contribution in [1.29, 1.82) is 0 Å². The normalized spacial score (nSPS) is 17.3. The van der Waals surface area contributed by atoms with Gasteiger partial charge in [-0.25, -0.2) is 35.8 Å². The number of ether oxygens (including phenoxy) is 2. The average molecular weight is 1610 g/mol. The summed E-state index contributed by atoms with van der Waals surface area (Å²) in [5.74, 6) is 1.32. The molecule has 1 unspecified atom stereocenters. The zero-order valence-electron chi connectivity index (χ0n) is 66.9. The lowest BCUT2D eigenvalue weighted by Crippen LogP contribution is -2.52. The first kappa shape index (κ1) is 80.1. The van der Waals surface area contributed by atoms with E-state index < -0.39 is 40.2 Å². The number of carbonyl (C=O) groups excluding carboxylic acids is 3. The molecule has 30 heteroatoms. The molecule has 29 nitrogen and oxygen atoms in total. The van der Waals surface area contributed by atoms with Crippen LogP contribution in [0.4, 0.5) is 39.3 Å². The highest BCUT2D eigenvalue weighted by Gasteiger charge is 2.36. The van der Waals surface area contributed by atoms with Gasteiger partial charge in [0.1, 0.15) is 46.6 Å². The van der Waals surface area contributed by atoms with Gasteiger partial charge in [0.05, 0.1) is 37.5 Å². The predicted molar refractivity (Wildman–Crippen MR) is 451 cm³/mol. The fourth-order valence-electron chi connectivity index (χ4n) is 16.3. The van der Waals surface area contributed by atoms with Crippen LogP contribution in [0, 0.1) is 5.92 Å². The smallest absolute Gasteiger partial charge is 0.280 e. The van der Waals surface area contributed by atoms with Crippen molar-refractivity contribution >= 4 is 85.7 Å².